The maximum atomic E-state index is 9.41. The quantitative estimate of drug-likeness (QED) is 0.797. The highest BCUT2D eigenvalue weighted by Gasteiger charge is 2.09. The Morgan fingerprint density at radius 1 is 1.27 bits per heavy atom. The van der Waals surface area contributed by atoms with Gasteiger partial charge in [-0.05, 0) is 20.8 Å². The summed E-state index contributed by atoms with van der Waals surface area (Å²) in [6.07, 6.45) is -0.661. The first-order valence-electron chi connectivity index (χ1n) is 5.00. The Morgan fingerprint density at radius 3 is 2.47 bits per heavy atom. The van der Waals surface area contributed by atoms with Gasteiger partial charge in [0.05, 0.1) is 25.0 Å². The maximum absolute atomic E-state index is 9.41. The van der Waals surface area contributed by atoms with Crippen molar-refractivity contribution in [3.05, 3.63) is 11.8 Å². The second kappa shape index (κ2) is 5.50. The molecule has 0 saturated carbocycles. The van der Waals surface area contributed by atoms with Crippen molar-refractivity contribution in [1.29, 1.82) is 0 Å². The predicted octanol–water partition coefficient (Wildman–Crippen LogP) is 1.33. The molecule has 0 fully saturated rings. The monoisotopic (exact) mass is 212 g/mol. The molecule has 0 saturated heterocycles. The summed E-state index contributed by atoms with van der Waals surface area (Å²) in [6.45, 7) is 6.34. The third kappa shape index (κ3) is 3.36. The van der Waals surface area contributed by atoms with Crippen LogP contribution in [0.25, 0.3) is 0 Å². The first-order chi connectivity index (χ1) is 7.17. The van der Waals surface area contributed by atoms with Gasteiger partial charge in [-0.1, -0.05) is 0 Å². The first-order valence-corrected chi connectivity index (χ1v) is 5.00. The number of aromatic nitrogens is 2. The zero-order valence-corrected chi connectivity index (χ0v) is 9.23. The zero-order chi connectivity index (χ0) is 11.3. The largest absolute Gasteiger partial charge is 0.478 e. The molecule has 0 aliphatic carbocycles. The number of nitrogens with zero attached hydrogens (tertiary/aromatic N) is 2. The standard InChI is InChI=1S/C10H16N2O3/c1-4-14-9-6-8(7(3)13)11-10(12-9)15-5-2/h6-7,13H,4-5H2,1-3H3. The van der Waals surface area contributed by atoms with Gasteiger partial charge >= 0.3 is 6.01 Å². The van der Waals surface area contributed by atoms with Crippen molar-refractivity contribution in [3.63, 3.8) is 0 Å². The maximum Gasteiger partial charge on any atom is 0.320 e. The van der Waals surface area contributed by atoms with Crippen molar-refractivity contribution in [2.75, 3.05) is 13.2 Å². The molecule has 0 bridgehead atoms. The van der Waals surface area contributed by atoms with E-state index < -0.39 is 6.10 Å². The molecular weight excluding hydrogens is 196 g/mol. The number of aliphatic hydroxyl groups is 1. The van der Waals surface area contributed by atoms with Gasteiger partial charge in [0.15, 0.2) is 0 Å². The Hall–Kier alpha value is -1.36. The van der Waals surface area contributed by atoms with Crippen molar-refractivity contribution in [3.8, 4) is 11.9 Å². The Morgan fingerprint density at radius 2 is 1.93 bits per heavy atom. The fourth-order valence-electron chi connectivity index (χ4n) is 1.05. The summed E-state index contributed by atoms with van der Waals surface area (Å²) in [4.78, 5) is 8.07. The van der Waals surface area contributed by atoms with Gasteiger partial charge in [-0.3, -0.25) is 0 Å². The number of rotatable bonds is 5. The Bertz CT molecular complexity index is 291. The minimum Gasteiger partial charge on any atom is -0.478 e. The molecule has 84 valence electrons. The van der Waals surface area contributed by atoms with Crippen LogP contribution in [-0.4, -0.2) is 28.3 Å². The van der Waals surface area contributed by atoms with Crippen molar-refractivity contribution < 1.29 is 14.6 Å². The molecule has 1 heterocycles. The van der Waals surface area contributed by atoms with E-state index >= 15 is 0 Å². The Labute approximate surface area is 89.1 Å². The van der Waals surface area contributed by atoms with Crippen molar-refractivity contribution in [2.24, 2.45) is 0 Å². The van der Waals surface area contributed by atoms with Crippen LogP contribution in [0.3, 0.4) is 0 Å². The Kier molecular flexibility index (Phi) is 4.30. The van der Waals surface area contributed by atoms with Crippen molar-refractivity contribution in [2.45, 2.75) is 26.9 Å². The molecule has 15 heavy (non-hydrogen) atoms. The molecule has 1 atom stereocenters. The first kappa shape index (κ1) is 11.7. The summed E-state index contributed by atoms with van der Waals surface area (Å²) >= 11 is 0. The fraction of sp³-hybridized carbons (Fsp3) is 0.600. The number of hydrogen-bond donors (Lipinski definition) is 1. The van der Waals surface area contributed by atoms with Crippen LogP contribution in [0, 0.1) is 0 Å². The summed E-state index contributed by atoms with van der Waals surface area (Å²) in [6, 6.07) is 1.84. The lowest BCUT2D eigenvalue weighted by molar-refractivity contribution is 0.189. The lowest BCUT2D eigenvalue weighted by atomic mass is 10.3. The number of ether oxygens (including phenoxy) is 2. The second-order valence-corrected chi connectivity index (χ2v) is 2.96. The zero-order valence-electron chi connectivity index (χ0n) is 9.23. The van der Waals surface area contributed by atoms with Crippen LogP contribution >= 0.6 is 0 Å². The molecule has 1 unspecified atom stereocenters. The van der Waals surface area contributed by atoms with E-state index in [1.165, 1.54) is 0 Å². The minimum absolute atomic E-state index is 0.236. The van der Waals surface area contributed by atoms with E-state index in [1.807, 2.05) is 13.8 Å². The minimum atomic E-state index is -0.661. The Balaban J connectivity index is 2.97. The molecule has 0 spiro atoms. The highest BCUT2D eigenvalue weighted by Crippen LogP contribution is 2.18. The summed E-state index contributed by atoms with van der Waals surface area (Å²) in [5.41, 5.74) is 0.497. The second-order valence-electron chi connectivity index (χ2n) is 2.96. The third-order valence-electron chi connectivity index (χ3n) is 1.70. The van der Waals surface area contributed by atoms with Crippen LogP contribution in [0.4, 0.5) is 0 Å². The van der Waals surface area contributed by atoms with Crippen molar-refractivity contribution >= 4 is 0 Å². The highest BCUT2D eigenvalue weighted by atomic mass is 16.5. The summed E-state index contributed by atoms with van der Waals surface area (Å²) < 4.78 is 10.4. The molecule has 0 amide bonds. The number of aliphatic hydroxyl groups excluding tert-OH is 1. The molecule has 0 aromatic carbocycles. The van der Waals surface area contributed by atoms with Crippen LogP contribution < -0.4 is 9.47 Å². The highest BCUT2D eigenvalue weighted by molar-refractivity contribution is 5.20. The van der Waals surface area contributed by atoms with Gasteiger partial charge in [-0.25, -0.2) is 0 Å². The lowest BCUT2D eigenvalue weighted by Gasteiger charge is -2.09. The van der Waals surface area contributed by atoms with E-state index in [9.17, 15) is 5.11 Å². The normalized spacial score (nSPS) is 12.3. The van der Waals surface area contributed by atoms with Gasteiger partial charge in [0.1, 0.15) is 0 Å². The van der Waals surface area contributed by atoms with E-state index in [4.69, 9.17) is 9.47 Å². The SMILES string of the molecule is CCOc1cc(C(C)O)nc(OCC)n1. The van der Waals surface area contributed by atoms with E-state index in [-0.39, 0.29) is 6.01 Å². The molecular formula is C10H16N2O3. The lowest BCUT2D eigenvalue weighted by Crippen LogP contribution is -2.05. The van der Waals surface area contributed by atoms with E-state index in [0.29, 0.717) is 24.8 Å². The van der Waals surface area contributed by atoms with E-state index in [1.54, 1.807) is 13.0 Å². The number of hydrogen-bond acceptors (Lipinski definition) is 5. The molecule has 0 aliphatic heterocycles. The molecule has 5 heteroatoms. The topological polar surface area (TPSA) is 64.5 Å². The van der Waals surface area contributed by atoms with Crippen LogP contribution in [0.2, 0.25) is 0 Å². The van der Waals surface area contributed by atoms with Crippen LogP contribution in [-0.2, 0) is 0 Å². The van der Waals surface area contributed by atoms with Crippen LogP contribution in [0.5, 0.6) is 11.9 Å². The summed E-state index contributed by atoms with van der Waals surface area (Å²) in [7, 11) is 0. The molecule has 5 nitrogen and oxygen atoms in total. The van der Waals surface area contributed by atoms with Gasteiger partial charge in [-0.15, -0.1) is 0 Å². The average molecular weight is 212 g/mol. The van der Waals surface area contributed by atoms with Gasteiger partial charge in [0.25, 0.3) is 0 Å². The summed E-state index contributed by atoms with van der Waals surface area (Å²) in [5, 5.41) is 9.41. The molecule has 1 N–H and O–H groups in total. The molecule has 0 radical (unpaired) electrons. The van der Waals surface area contributed by atoms with Gasteiger partial charge in [0, 0.05) is 6.07 Å². The predicted molar refractivity (Wildman–Crippen MR) is 55.0 cm³/mol. The van der Waals surface area contributed by atoms with Crippen LogP contribution in [0.15, 0.2) is 6.07 Å². The van der Waals surface area contributed by atoms with Gasteiger partial charge in [0.2, 0.25) is 5.88 Å². The smallest absolute Gasteiger partial charge is 0.320 e. The van der Waals surface area contributed by atoms with E-state index in [0.717, 1.165) is 0 Å². The van der Waals surface area contributed by atoms with Crippen LogP contribution in [0.1, 0.15) is 32.6 Å². The van der Waals surface area contributed by atoms with E-state index in [2.05, 4.69) is 9.97 Å². The molecule has 0 aliphatic rings. The summed E-state index contributed by atoms with van der Waals surface area (Å²) in [5.74, 6) is 0.423. The van der Waals surface area contributed by atoms with Gasteiger partial charge in [-0.2, -0.15) is 9.97 Å². The third-order valence-corrected chi connectivity index (χ3v) is 1.70. The molecule has 1 aromatic rings. The van der Waals surface area contributed by atoms with Gasteiger partial charge < -0.3 is 14.6 Å². The fourth-order valence-corrected chi connectivity index (χ4v) is 1.05. The molecule has 1 rings (SSSR count). The van der Waals surface area contributed by atoms with Crippen molar-refractivity contribution in [1.82, 2.24) is 9.97 Å². The average Bonchev–Trinajstić information content (AvgIpc) is 2.18. The molecule has 1 aromatic heterocycles.